The van der Waals surface area contributed by atoms with Crippen molar-refractivity contribution in [2.75, 3.05) is 28.4 Å². The normalized spacial score (nSPS) is 42.8. The molecule has 0 aromatic heterocycles. The molecule has 0 N–H and O–H groups in total. The second-order valence-corrected chi connectivity index (χ2v) is 12.9. The number of ether oxygens (including phenoxy) is 4. The first-order valence-electron chi connectivity index (χ1n) is 10.5. The van der Waals surface area contributed by atoms with Gasteiger partial charge >= 0.3 is 0 Å². The van der Waals surface area contributed by atoms with Crippen LogP contribution in [0.25, 0.3) is 0 Å². The third-order valence-corrected chi connectivity index (χ3v) is 13.2. The highest BCUT2D eigenvalue weighted by Crippen LogP contribution is 2.76. The predicted molar refractivity (Wildman–Crippen MR) is 145 cm³/mol. The van der Waals surface area contributed by atoms with E-state index in [2.05, 4.69) is 0 Å². The standard InChI is InChI=1S/C24H16Cl8O4/c1-33-23(34-2)19(29)11-5-9(6-12(11)20(23,30)16(26)15(19)25)10-7-13-14(8-10)22(32)18(28)17(27)21(13,31)24(22,35-3)36-4/h5-8H,1-4H3/t19-,20?,21-,22?/m0/s1. The van der Waals surface area contributed by atoms with E-state index in [0.29, 0.717) is 22.3 Å². The lowest BCUT2D eigenvalue weighted by Crippen LogP contribution is -2.56. The Bertz CT molecular complexity index is 1200. The van der Waals surface area contributed by atoms with Crippen molar-refractivity contribution in [3.05, 3.63) is 77.9 Å². The fourth-order valence-electron chi connectivity index (χ4n) is 6.62. The second-order valence-electron chi connectivity index (χ2n) is 9.08. The molecule has 4 nitrogen and oxygen atoms in total. The summed E-state index contributed by atoms with van der Waals surface area (Å²) in [5.41, 5.74) is 4.03. The van der Waals surface area contributed by atoms with E-state index >= 15 is 0 Å². The first-order valence-corrected chi connectivity index (χ1v) is 13.5. The minimum absolute atomic E-state index is 0.143. The minimum atomic E-state index is -1.55. The molecule has 0 aromatic carbocycles. The minimum Gasteiger partial charge on any atom is -0.349 e. The molecule has 0 amide bonds. The van der Waals surface area contributed by atoms with Crippen LogP contribution in [0.2, 0.25) is 0 Å². The molecule has 4 bridgehead atoms. The van der Waals surface area contributed by atoms with Gasteiger partial charge in [0.1, 0.15) is 0 Å². The van der Waals surface area contributed by atoms with E-state index in [9.17, 15) is 0 Å². The lowest BCUT2D eigenvalue weighted by molar-refractivity contribution is -0.211. The summed E-state index contributed by atoms with van der Waals surface area (Å²) >= 11 is 55.1. The van der Waals surface area contributed by atoms with Crippen molar-refractivity contribution in [1.82, 2.24) is 0 Å². The maximum absolute atomic E-state index is 7.15. The van der Waals surface area contributed by atoms with Crippen LogP contribution in [0.5, 0.6) is 0 Å². The molecule has 0 saturated heterocycles. The van der Waals surface area contributed by atoms with Gasteiger partial charge in [-0.25, -0.2) is 0 Å². The number of methoxy groups -OCH3 is 4. The van der Waals surface area contributed by atoms with Crippen LogP contribution < -0.4 is 0 Å². The smallest absolute Gasteiger partial charge is 0.225 e. The molecule has 36 heavy (non-hydrogen) atoms. The molecule has 0 aliphatic heterocycles. The van der Waals surface area contributed by atoms with Crippen LogP contribution >= 0.6 is 92.8 Å². The summed E-state index contributed by atoms with van der Waals surface area (Å²) in [5.74, 6) is -3.09. The number of fused-ring (bicyclic) bond motifs is 10. The first-order chi connectivity index (χ1) is 16.8. The summed E-state index contributed by atoms with van der Waals surface area (Å²) in [7, 11) is 5.78. The average molecular weight is 652 g/mol. The fourth-order valence-corrected chi connectivity index (χ4v) is 10.6. The Morgan fingerprint density at radius 2 is 0.639 bits per heavy atom. The molecule has 6 rings (SSSR count). The second kappa shape index (κ2) is 7.54. The Morgan fingerprint density at radius 1 is 0.444 bits per heavy atom. The van der Waals surface area contributed by atoms with Crippen LogP contribution in [0.4, 0.5) is 0 Å². The molecule has 2 unspecified atom stereocenters. The van der Waals surface area contributed by atoms with Gasteiger partial charge in [0.25, 0.3) is 0 Å². The maximum atomic E-state index is 7.15. The molecular formula is C24H16Cl8O4. The Balaban J connectivity index is 1.56. The van der Waals surface area contributed by atoms with Crippen LogP contribution in [-0.2, 0) is 18.9 Å². The number of alkyl halides is 4. The molecule has 192 valence electrons. The molecule has 2 saturated carbocycles. The van der Waals surface area contributed by atoms with Crippen molar-refractivity contribution in [1.29, 1.82) is 0 Å². The quantitative estimate of drug-likeness (QED) is 0.236. The average Bonchev–Trinajstić information content (AvgIpc) is 3.62. The SMILES string of the molecule is COC1(OC)C2(Cl)C3=CC(=C4C=C5C(=C4)[C@]4(Cl)C(Cl)=C(Cl)C5(Cl)C4(OC)OC)C=C3[C@]1(Cl)C(Cl)=C2Cl. The molecule has 0 heterocycles. The number of hydrogen-bond donors (Lipinski definition) is 0. The van der Waals surface area contributed by atoms with E-state index in [1.54, 1.807) is 0 Å². The van der Waals surface area contributed by atoms with Crippen molar-refractivity contribution in [2.24, 2.45) is 0 Å². The van der Waals surface area contributed by atoms with Crippen LogP contribution in [0.3, 0.4) is 0 Å². The Morgan fingerprint density at radius 3 is 0.806 bits per heavy atom. The van der Waals surface area contributed by atoms with E-state index in [-0.39, 0.29) is 20.1 Å². The van der Waals surface area contributed by atoms with Gasteiger partial charge in [-0.05, 0) is 57.7 Å². The zero-order chi connectivity index (χ0) is 26.4. The van der Waals surface area contributed by atoms with Crippen molar-refractivity contribution in [3.8, 4) is 0 Å². The van der Waals surface area contributed by atoms with Gasteiger partial charge in [-0.3, -0.25) is 0 Å². The highest BCUT2D eigenvalue weighted by molar-refractivity contribution is 6.55. The number of hydrogen-bond acceptors (Lipinski definition) is 4. The summed E-state index contributed by atoms with van der Waals surface area (Å²) in [5, 5.41) is 0.572. The zero-order valence-corrected chi connectivity index (χ0v) is 25.0. The summed E-state index contributed by atoms with van der Waals surface area (Å²) < 4.78 is 23.0. The van der Waals surface area contributed by atoms with Gasteiger partial charge in [0.2, 0.25) is 11.6 Å². The molecular weight excluding hydrogens is 636 g/mol. The van der Waals surface area contributed by atoms with Crippen molar-refractivity contribution in [3.63, 3.8) is 0 Å². The number of halogens is 8. The molecule has 0 spiro atoms. The Labute approximate surface area is 247 Å². The van der Waals surface area contributed by atoms with E-state index in [1.165, 1.54) is 28.4 Å². The van der Waals surface area contributed by atoms with Crippen LogP contribution in [0.15, 0.2) is 77.9 Å². The van der Waals surface area contributed by atoms with Gasteiger partial charge in [0, 0.05) is 28.4 Å². The molecule has 6 aliphatic rings. The van der Waals surface area contributed by atoms with Gasteiger partial charge in [0.15, 0.2) is 19.5 Å². The van der Waals surface area contributed by atoms with Gasteiger partial charge in [0.05, 0.1) is 20.1 Å². The summed E-state index contributed by atoms with van der Waals surface area (Å²) in [6.45, 7) is 0. The molecule has 4 atom stereocenters. The van der Waals surface area contributed by atoms with Crippen molar-refractivity contribution < 1.29 is 18.9 Å². The lowest BCUT2D eigenvalue weighted by Gasteiger charge is -2.40. The Hall–Kier alpha value is 0.340. The summed E-state index contributed by atoms with van der Waals surface area (Å²) in [4.78, 5) is -5.85. The van der Waals surface area contributed by atoms with E-state index in [4.69, 9.17) is 112 Å². The van der Waals surface area contributed by atoms with Gasteiger partial charge in [-0.15, -0.1) is 46.4 Å². The van der Waals surface area contributed by atoms with Gasteiger partial charge in [-0.2, -0.15) is 0 Å². The zero-order valence-electron chi connectivity index (χ0n) is 19.0. The molecule has 0 radical (unpaired) electrons. The highest BCUT2D eigenvalue weighted by atomic mass is 35.5. The van der Waals surface area contributed by atoms with E-state index in [1.807, 2.05) is 24.3 Å². The van der Waals surface area contributed by atoms with Gasteiger partial charge in [-0.1, -0.05) is 46.4 Å². The van der Waals surface area contributed by atoms with Crippen LogP contribution in [0.1, 0.15) is 0 Å². The molecule has 6 aliphatic carbocycles. The summed E-state index contributed by atoms with van der Waals surface area (Å²) in [6.07, 6.45) is 7.48. The fraction of sp³-hybridized carbons (Fsp3) is 0.417. The first kappa shape index (κ1) is 26.6. The van der Waals surface area contributed by atoms with E-state index < -0.39 is 31.1 Å². The van der Waals surface area contributed by atoms with Crippen molar-refractivity contribution in [2.45, 2.75) is 31.1 Å². The Kier molecular flexibility index (Phi) is 5.56. The molecule has 12 heteroatoms. The summed E-state index contributed by atoms with van der Waals surface area (Å²) in [6, 6.07) is 0. The van der Waals surface area contributed by atoms with Crippen LogP contribution in [0, 0.1) is 0 Å². The van der Waals surface area contributed by atoms with Gasteiger partial charge < -0.3 is 18.9 Å². The largest absolute Gasteiger partial charge is 0.349 e. The third kappa shape index (κ3) is 2.18. The highest BCUT2D eigenvalue weighted by Gasteiger charge is 2.83. The maximum Gasteiger partial charge on any atom is 0.225 e. The monoisotopic (exact) mass is 648 g/mol. The molecule has 0 aromatic rings. The van der Waals surface area contributed by atoms with E-state index in [0.717, 1.165) is 11.1 Å². The molecule has 2 fully saturated rings. The topological polar surface area (TPSA) is 36.9 Å². The number of rotatable bonds is 4. The predicted octanol–water partition coefficient (Wildman–Crippen LogP) is 7.34. The lowest BCUT2D eigenvalue weighted by atomic mass is 9.96. The van der Waals surface area contributed by atoms with Crippen molar-refractivity contribution >= 4 is 92.8 Å². The van der Waals surface area contributed by atoms with Crippen LogP contribution in [-0.4, -0.2) is 59.5 Å². The third-order valence-electron chi connectivity index (χ3n) is 8.16. The number of allylic oxidation sites excluding steroid dienone is 6.